The number of furan rings is 1. The van der Waals surface area contributed by atoms with Gasteiger partial charge >= 0.3 is 5.97 Å². The molecule has 1 aliphatic rings. The molecule has 1 fully saturated rings. The molecule has 0 unspecified atom stereocenters. The maximum absolute atomic E-state index is 12.8. The molecule has 0 aliphatic carbocycles. The SMILES string of the molecule is CCOC(=O)[C@@H]1CCCN(C(=O)c2ccc(CSc3nc4ccccc4o3)o2)C1. The predicted molar refractivity (Wildman–Crippen MR) is 108 cm³/mol. The molecule has 3 aromatic rings. The third-order valence-electron chi connectivity index (χ3n) is 4.81. The number of carbonyl (C=O) groups excluding carboxylic acids is 2. The van der Waals surface area contributed by atoms with Gasteiger partial charge < -0.3 is 18.5 Å². The molecule has 1 atom stereocenters. The van der Waals surface area contributed by atoms with Crippen LogP contribution in [-0.2, 0) is 15.3 Å². The van der Waals surface area contributed by atoms with Gasteiger partial charge in [-0.15, -0.1) is 0 Å². The molecule has 0 spiro atoms. The van der Waals surface area contributed by atoms with Crippen molar-refractivity contribution in [2.75, 3.05) is 19.7 Å². The molecule has 7 nitrogen and oxygen atoms in total. The van der Waals surface area contributed by atoms with Crippen LogP contribution in [0.25, 0.3) is 11.1 Å². The van der Waals surface area contributed by atoms with E-state index in [0.29, 0.717) is 36.4 Å². The van der Waals surface area contributed by atoms with Gasteiger partial charge in [-0.1, -0.05) is 23.9 Å². The summed E-state index contributed by atoms with van der Waals surface area (Å²) in [6.07, 6.45) is 1.52. The molecule has 0 saturated carbocycles. The number of fused-ring (bicyclic) bond motifs is 1. The highest BCUT2D eigenvalue weighted by Crippen LogP contribution is 2.27. The number of hydrogen-bond acceptors (Lipinski definition) is 7. The molecular weight excluding hydrogens is 392 g/mol. The summed E-state index contributed by atoms with van der Waals surface area (Å²) in [7, 11) is 0. The zero-order valence-electron chi connectivity index (χ0n) is 16.1. The molecule has 0 radical (unpaired) electrons. The molecular formula is C21H22N2O5S. The lowest BCUT2D eigenvalue weighted by Gasteiger charge is -2.30. The second kappa shape index (κ2) is 8.73. The lowest BCUT2D eigenvalue weighted by molar-refractivity contribution is -0.149. The van der Waals surface area contributed by atoms with Crippen LogP contribution in [-0.4, -0.2) is 41.5 Å². The third kappa shape index (κ3) is 4.48. The monoisotopic (exact) mass is 414 g/mol. The molecule has 3 heterocycles. The number of para-hydroxylation sites is 2. The zero-order chi connectivity index (χ0) is 20.2. The molecule has 29 heavy (non-hydrogen) atoms. The number of benzene rings is 1. The second-order valence-corrected chi connectivity index (χ2v) is 7.77. The summed E-state index contributed by atoms with van der Waals surface area (Å²) >= 11 is 1.41. The Bertz CT molecular complexity index is 978. The van der Waals surface area contributed by atoms with Crippen LogP contribution in [0.4, 0.5) is 0 Å². The average molecular weight is 414 g/mol. The van der Waals surface area contributed by atoms with Crippen molar-refractivity contribution in [2.45, 2.75) is 30.7 Å². The van der Waals surface area contributed by atoms with Gasteiger partial charge in [-0.05, 0) is 44.0 Å². The molecule has 8 heteroatoms. The Labute approximate surface area is 172 Å². The van der Waals surface area contributed by atoms with E-state index < -0.39 is 0 Å². The molecule has 1 aliphatic heterocycles. The number of hydrogen-bond donors (Lipinski definition) is 0. The highest BCUT2D eigenvalue weighted by atomic mass is 32.2. The van der Waals surface area contributed by atoms with Crippen LogP contribution in [0.15, 0.2) is 50.5 Å². The van der Waals surface area contributed by atoms with Gasteiger partial charge in [-0.3, -0.25) is 9.59 Å². The number of oxazole rings is 1. The first-order valence-corrected chi connectivity index (χ1v) is 10.7. The molecule has 2 aromatic heterocycles. The summed E-state index contributed by atoms with van der Waals surface area (Å²) in [5, 5.41) is 0.559. The van der Waals surface area contributed by atoms with Crippen LogP contribution >= 0.6 is 11.8 Å². The predicted octanol–water partition coefficient (Wildman–Crippen LogP) is 4.13. The number of piperidine rings is 1. The van der Waals surface area contributed by atoms with Crippen molar-refractivity contribution >= 4 is 34.7 Å². The van der Waals surface area contributed by atoms with Crippen LogP contribution in [0, 0.1) is 5.92 Å². The van der Waals surface area contributed by atoms with E-state index in [1.54, 1.807) is 24.0 Å². The number of carbonyl (C=O) groups is 2. The minimum Gasteiger partial charge on any atom is -0.466 e. The Morgan fingerprint density at radius 2 is 2.10 bits per heavy atom. The highest BCUT2D eigenvalue weighted by Gasteiger charge is 2.30. The van der Waals surface area contributed by atoms with Crippen molar-refractivity contribution in [2.24, 2.45) is 5.92 Å². The quantitative estimate of drug-likeness (QED) is 0.443. The molecule has 152 valence electrons. The van der Waals surface area contributed by atoms with E-state index in [4.69, 9.17) is 13.6 Å². The fourth-order valence-electron chi connectivity index (χ4n) is 3.39. The summed E-state index contributed by atoms with van der Waals surface area (Å²) in [5.41, 5.74) is 1.55. The van der Waals surface area contributed by atoms with Crippen LogP contribution < -0.4 is 0 Å². The van der Waals surface area contributed by atoms with Crippen LogP contribution in [0.2, 0.25) is 0 Å². The van der Waals surface area contributed by atoms with Crippen LogP contribution in [0.5, 0.6) is 0 Å². The number of aromatic nitrogens is 1. The topological polar surface area (TPSA) is 85.8 Å². The van der Waals surface area contributed by atoms with E-state index >= 15 is 0 Å². The van der Waals surface area contributed by atoms with Gasteiger partial charge in [-0.2, -0.15) is 0 Å². The van der Waals surface area contributed by atoms with Gasteiger partial charge in [0.2, 0.25) is 0 Å². The molecule has 1 saturated heterocycles. The first kappa shape index (κ1) is 19.6. The fraction of sp³-hybridized carbons (Fsp3) is 0.381. The van der Waals surface area contributed by atoms with Gasteiger partial charge in [0.1, 0.15) is 11.3 Å². The Hall–Kier alpha value is -2.74. The summed E-state index contributed by atoms with van der Waals surface area (Å²) in [5.74, 6) is 0.752. The van der Waals surface area contributed by atoms with E-state index in [1.165, 1.54) is 11.8 Å². The number of nitrogens with zero attached hydrogens (tertiary/aromatic N) is 2. The number of likely N-dealkylation sites (tertiary alicyclic amines) is 1. The summed E-state index contributed by atoms with van der Waals surface area (Å²) in [4.78, 5) is 30.9. The molecule has 1 aromatic carbocycles. The Balaban J connectivity index is 1.36. The smallest absolute Gasteiger partial charge is 0.310 e. The van der Waals surface area contributed by atoms with Crippen LogP contribution in [0.3, 0.4) is 0 Å². The number of rotatable bonds is 6. The Morgan fingerprint density at radius 3 is 2.93 bits per heavy atom. The van der Waals surface area contributed by atoms with E-state index in [2.05, 4.69) is 4.98 Å². The number of thioether (sulfide) groups is 1. The maximum Gasteiger partial charge on any atom is 0.310 e. The van der Waals surface area contributed by atoms with Gasteiger partial charge in [-0.25, -0.2) is 4.98 Å². The normalized spacial score (nSPS) is 16.9. The number of esters is 1. The number of amides is 1. The van der Waals surface area contributed by atoms with E-state index in [9.17, 15) is 9.59 Å². The van der Waals surface area contributed by atoms with Gasteiger partial charge in [0.15, 0.2) is 11.3 Å². The average Bonchev–Trinajstić information content (AvgIpc) is 3.38. The summed E-state index contributed by atoms with van der Waals surface area (Å²) in [6, 6.07) is 11.1. The number of ether oxygens (including phenoxy) is 1. The second-order valence-electron chi connectivity index (χ2n) is 6.84. The Kier molecular flexibility index (Phi) is 5.89. The van der Waals surface area contributed by atoms with E-state index in [-0.39, 0.29) is 23.6 Å². The van der Waals surface area contributed by atoms with Gasteiger partial charge in [0.25, 0.3) is 11.1 Å². The van der Waals surface area contributed by atoms with Crippen molar-refractivity contribution in [3.63, 3.8) is 0 Å². The van der Waals surface area contributed by atoms with Crippen molar-refractivity contribution in [3.05, 3.63) is 47.9 Å². The first-order chi connectivity index (χ1) is 14.1. The first-order valence-electron chi connectivity index (χ1n) is 9.67. The minimum atomic E-state index is -0.267. The van der Waals surface area contributed by atoms with E-state index in [1.807, 2.05) is 24.3 Å². The van der Waals surface area contributed by atoms with Crippen molar-refractivity contribution < 1.29 is 23.2 Å². The zero-order valence-corrected chi connectivity index (χ0v) is 16.9. The Morgan fingerprint density at radius 1 is 1.24 bits per heavy atom. The van der Waals surface area contributed by atoms with Crippen LogP contribution in [0.1, 0.15) is 36.1 Å². The third-order valence-corrected chi connectivity index (χ3v) is 5.66. The lowest BCUT2D eigenvalue weighted by Crippen LogP contribution is -2.42. The van der Waals surface area contributed by atoms with Crippen molar-refractivity contribution in [3.8, 4) is 0 Å². The lowest BCUT2D eigenvalue weighted by atomic mass is 9.98. The van der Waals surface area contributed by atoms with Gasteiger partial charge in [0.05, 0.1) is 18.3 Å². The highest BCUT2D eigenvalue weighted by molar-refractivity contribution is 7.98. The molecule has 0 bridgehead atoms. The maximum atomic E-state index is 12.8. The molecule has 4 rings (SSSR count). The fourth-order valence-corrected chi connectivity index (χ4v) is 4.12. The molecule has 1 amide bonds. The minimum absolute atomic E-state index is 0.197. The summed E-state index contributed by atoms with van der Waals surface area (Å²) in [6.45, 7) is 3.11. The van der Waals surface area contributed by atoms with E-state index in [0.717, 1.165) is 23.9 Å². The summed E-state index contributed by atoms with van der Waals surface area (Å²) < 4.78 is 16.5. The molecule has 0 N–H and O–H groups in total. The van der Waals surface area contributed by atoms with Crippen molar-refractivity contribution in [1.29, 1.82) is 0 Å². The standard InChI is InChI=1S/C21H22N2O5S/c1-2-26-20(25)14-6-5-11-23(12-14)19(24)18-10-9-15(27-18)13-29-21-22-16-7-3-4-8-17(16)28-21/h3-4,7-10,14H,2,5-6,11-13H2,1H3/t14-/m1/s1. The van der Waals surface area contributed by atoms with Crippen molar-refractivity contribution in [1.82, 2.24) is 9.88 Å². The largest absolute Gasteiger partial charge is 0.466 e. The van der Waals surface area contributed by atoms with Gasteiger partial charge in [0, 0.05) is 13.1 Å².